The molecular weight excluding hydrogens is 252 g/mol. The zero-order valence-corrected chi connectivity index (χ0v) is 11.1. The minimum Gasteiger partial charge on any atom is -0.389 e. The van der Waals surface area contributed by atoms with Crippen molar-refractivity contribution in [3.05, 3.63) is 34.9 Å². The van der Waals surface area contributed by atoms with Crippen molar-refractivity contribution in [2.45, 2.75) is 31.2 Å². The first kappa shape index (κ1) is 13.8. The van der Waals surface area contributed by atoms with E-state index in [2.05, 4.69) is 0 Å². The lowest BCUT2D eigenvalue weighted by atomic mass is 9.99. The number of rotatable bonds is 3. The van der Waals surface area contributed by atoms with Gasteiger partial charge in [0.05, 0.1) is 12.2 Å². The molecule has 4 N–H and O–H groups in total. The van der Waals surface area contributed by atoms with E-state index in [0.717, 1.165) is 5.56 Å². The first-order chi connectivity index (χ1) is 8.49. The van der Waals surface area contributed by atoms with E-state index in [1.165, 1.54) is 0 Å². The zero-order chi connectivity index (χ0) is 13.3. The van der Waals surface area contributed by atoms with Crippen LogP contribution >= 0.6 is 11.6 Å². The van der Waals surface area contributed by atoms with Crippen LogP contribution in [-0.4, -0.2) is 46.5 Å². The van der Waals surface area contributed by atoms with E-state index in [1.807, 2.05) is 36.1 Å². The Morgan fingerprint density at radius 1 is 1.33 bits per heavy atom. The summed E-state index contributed by atoms with van der Waals surface area (Å²) in [5, 5.41) is 19.9. The molecule has 1 fully saturated rings. The van der Waals surface area contributed by atoms with E-state index in [0.29, 0.717) is 18.1 Å². The molecule has 4 unspecified atom stereocenters. The lowest BCUT2D eigenvalue weighted by Gasteiger charge is -2.31. The number of β-amino-alcohol motifs (C(OH)–C–C–N with tert-alkyl or cyclic N) is 2. The van der Waals surface area contributed by atoms with Gasteiger partial charge in [-0.05, 0) is 24.6 Å². The van der Waals surface area contributed by atoms with Crippen molar-refractivity contribution in [1.82, 2.24) is 4.90 Å². The number of likely N-dealkylation sites (tertiary alicyclic amines) is 1. The topological polar surface area (TPSA) is 69.7 Å². The first-order valence-corrected chi connectivity index (χ1v) is 6.48. The summed E-state index contributed by atoms with van der Waals surface area (Å²) in [7, 11) is 0. The fourth-order valence-electron chi connectivity index (χ4n) is 2.56. The number of aliphatic hydroxyl groups excluding tert-OH is 2. The van der Waals surface area contributed by atoms with Crippen LogP contribution in [0.25, 0.3) is 0 Å². The summed E-state index contributed by atoms with van der Waals surface area (Å²) in [5.41, 5.74) is 7.05. The van der Waals surface area contributed by atoms with Gasteiger partial charge in [-0.25, -0.2) is 0 Å². The molecule has 100 valence electrons. The second kappa shape index (κ2) is 5.55. The van der Waals surface area contributed by atoms with Gasteiger partial charge in [0.2, 0.25) is 0 Å². The van der Waals surface area contributed by atoms with Crippen LogP contribution < -0.4 is 5.73 Å². The quantitative estimate of drug-likeness (QED) is 0.759. The first-order valence-electron chi connectivity index (χ1n) is 6.10. The molecule has 0 aromatic heterocycles. The summed E-state index contributed by atoms with van der Waals surface area (Å²) in [6.07, 6.45) is -1.41. The maximum absolute atomic E-state index is 9.64. The van der Waals surface area contributed by atoms with Crippen molar-refractivity contribution >= 4 is 11.6 Å². The molecule has 4 atom stereocenters. The third kappa shape index (κ3) is 2.84. The Hall–Kier alpha value is -0.650. The van der Waals surface area contributed by atoms with Gasteiger partial charge in [-0.15, -0.1) is 0 Å². The molecular formula is C13H19ClN2O2. The summed E-state index contributed by atoms with van der Waals surface area (Å²) >= 11 is 6.00. The molecule has 0 spiro atoms. The second-order valence-corrected chi connectivity index (χ2v) is 5.38. The van der Waals surface area contributed by atoms with Crippen LogP contribution in [0.2, 0.25) is 5.02 Å². The van der Waals surface area contributed by atoms with E-state index in [4.69, 9.17) is 17.3 Å². The number of aliphatic hydroxyl groups is 2. The standard InChI is InChI=1S/C13H19ClN2O2/c1-8(15)13(9-3-2-4-10(14)5-9)16-6-11(17)12(18)7-16/h2-5,8,11-13,17-18H,6-7,15H2,1H3. The molecule has 0 bridgehead atoms. The molecule has 1 heterocycles. The molecule has 1 saturated heterocycles. The van der Waals surface area contributed by atoms with Gasteiger partial charge < -0.3 is 15.9 Å². The molecule has 0 saturated carbocycles. The molecule has 2 rings (SSSR count). The van der Waals surface area contributed by atoms with Gasteiger partial charge in [0.25, 0.3) is 0 Å². The highest BCUT2D eigenvalue weighted by atomic mass is 35.5. The summed E-state index contributed by atoms with van der Waals surface area (Å²) in [6, 6.07) is 7.40. The molecule has 5 heteroatoms. The fourth-order valence-corrected chi connectivity index (χ4v) is 2.76. The highest BCUT2D eigenvalue weighted by Crippen LogP contribution is 2.29. The third-order valence-electron chi connectivity index (χ3n) is 3.37. The van der Waals surface area contributed by atoms with E-state index >= 15 is 0 Å². The van der Waals surface area contributed by atoms with Gasteiger partial charge in [-0.1, -0.05) is 23.7 Å². The van der Waals surface area contributed by atoms with Crippen molar-refractivity contribution in [2.75, 3.05) is 13.1 Å². The second-order valence-electron chi connectivity index (χ2n) is 4.95. The Morgan fingerprint density at radius 2 is 1.94 bits per heavy atom. The monoisotopic (exact) mass is 270 g/mol. The van der Waals surface area contributed by atoms with Crippen molar-refractivity contribution in [3.8, 4) is 0 Å². The van der Waals surface area contributed by atoms with Crippen LogP contribution in [-0.2, 0) is 0 Å². The van der Waals surface area contributed by atoms with Gasteiger partial charge in [0.15, 0.2) is 0 Å². The molecule has 18 heavy (non-hydrogen) atoms. The van der Waals surface area contributed by atoms with Crippen LogP contribution in [0.15, 0.2) is 24.3 Å². The van der Waals surface area contributed by atoms with Crippen molar-refractivity contribution in [2.24, 2.45) is 5.73 Å². The molecule has 4 nitrogen and oxygen atoms in total. The smallest absolute Gasteiger partial charge is 0.0938 e. The van der Waals surface area contributed by atoms with Crippen LogP contribution in [0.3, 0.4) is 0 Å². The number of hydrogen-bond acceptors (Lipinski definition) is 4. The van der Waals surface area contributed by atoms with Crippen LogP contribution in [0.1, 0.15) is 18.5 Å². The Balaban J connectivity index is 2.24. The third-order valence-corrected chi connectivity index (χ3v) is 3.60. The van der Waals surface area contributed by atoms with Gasteiger partial charge in [-0.3, -0.25) is 4.90 Å². The highest BCUT2D eigenvalue weighted by Gasteiger charge is 2.35. The molecule has 0 amide bonds. The fraction of sp³-hybridized carbons (Fsp3) is 0.538. The zero-order valence-electron chi connectivity index (χ0n) is 10.3. The summed E-state index contributed by atoms with van der Waals surface area (Å²) in [5.74, 6) is 0. The predicted molar refractivity (Wildman–Crippen MR) is 71.4 cm³/mol. The van der Waals surface area contributed by atoms with E-state index in [1.54, 1.807) is 0 Å². The van der Waals surface area contributed by atoms with Crippen LogP contribution in [0.4, 0.5) is 0 Å². The number of nitrogens with two attached hydrogens (primary N) is 1. The highest BCUT2D eigenvalue weighted by molar-refractivity contribution is 6.30. The predicted octanol–water partition coefficient (Wildman–Crippen LogP) is 0.766. The number of nitrogens with zero attached hydrogens (tertiary/aromatic N) is 1. The Kier molecular flexibility index (Phi) is 4.25. The number of halogens is 1. The van der Waals surface area contributed by atoms with Gasteiger partial charge >= 0.3 is 0 Å². The van der Waals surface area contributed by atoms with E-state index in [-0.39, 0.29) is 12.1 Å². The Labute approximate surface area is 112 Å². The maximum atomic E-state index is 9.64. The average Bonchev–Trinajstić information content (AvgIpc) is 2.58. The van der Waals surface area contributed by atoms with Crippen LogP contribution in [0.5, 0.6) is 0 Å². The average molecular weight is 271 g/mol. The minimum absolute atomic E-state index is 0.0458. The molecule has 1 aliphatic heterocycles. The molecule has 1 aromatic rings. The van der Waals surface area contributed by atoms with Crippen molar-refractivity contribution in [3.63, 3.8) is 0 Å². The Morgan fingerprint density at radius 3 is 2.44 bits per heavy atom. The van der Waals surface area contributed by atoms with Crippen molar-refractivity contribution < 1.29 is 10.2 Å². The lowest BCUT2D eigenvalue weighted by molar-refractivity contribution is 0.0572. The van der Waals surface area contributed by atoms with E-state index in [9.17, 15) is 10.2 Å². The lowest BCUT2D eigenvalue weighted by Crippen LogP contribution is -2.39. The largest absolute Gasteiger partial charge is 0.389 e. The summed E-state index contributed by atoms with van der Waals surface area (Å²) in [4.78, 5) is 2.01. The molecule has 1 aromatic carbocycles. The molecule has 1 aliphatic rings. The van der Waals surface area contributed by atoms with E-state index < -0.39 is 12.2 Å². The van der Waals surface area contributed by atoms with Gasteiger partial charge in [0.1, 0.15) is 0 Å². The Bertz CT molecular complexity index is 404. The number of hydrogen-bond donors (Lipinski definition) is 3. The minimum atomic E-state index is -0.703. The number of benzene rings is 1. The molecule has 0 radical (unpaired) electrons. The summed E-state index contributed by atoms with van der Waals surface area (Å²) in [6.45, 7) is 2.78. The van der Waals surface area contributed by atoms with Gasteiger partial charge in [0, 0.05) is 30.2 Å². The maximum Gasteiger partial charge on any atom is 0.0938 e. The van der Waals surface area contributed by atoms with Crippen molar-refractivity contribution in [1.29, 1.82) is 0 Å². The summed E-state index contributed by atoms with van der Waals surface area (Å²) < 4.78 is 0. The van der Waals surface area contributed by atoms with Crippen LogP contribution in [0, 0.1) is 0 Å². The van der Waals surface area contributed by atoms with Gasteiger partial charge in [-0.2, -0.15) is 0 Å². The molecule has 0 aliphatic carbocycles. The normalized spacial score (nSPS) is 28.3. The SMILES string of the molecule is CC(N)C(c1cccc(Cl)c1)N1CC(O)C(O)C1.